The van der Waals surface area contributed by atoms with Crippen molar-refractivity contribution in [3.63, 3.8) is 0 Å². The summed E-state index contributed by atoms with van der Waals surface area (Å²) in [5.41, 5.74) is 11.2. The van der Waals surface area contributed by atoms with Gasteiger partial charge in [-0.05, 0) is 36.8 Å². The normalized spacial score (nSPS) is 10.7. The van der Waals surface area contributed by atoms with Crippen molar-refractivity contribution in [2.75, 3.05) is 0 Å². The van der Waals surface area contributed by atoms with Crippen LogP contribution >= 0.6 is 0 Å². The highest BCUT2D eigenvalue weighted by Crippen LogP contribution is 2.20. The highest BCUT2D eigenvalue weighted by atomic mass is 15.0. The topological polar surface area (TPSA) is 65.0 Å². The summed E-state index contributed by atoms with van der Waals surface area (Å²) in [7, 11) is 0. The lowest BCUT2D eigenvalue weighted by atomic mass is 10.1. The van der Waals surface area contributed by atoms with E-state index in [-0.39, 0.29) is 5.84 Å². The number of aryl methyl sites for hydroxylation is 1. The molecule has 2 N–H and O–H groups in total. The minimum Gasteiger partial charge on any atom is -0.343 e. The molecular weight excluding hydrogens is 260 g/mol. The van der Waals surface area contributed by atoms with Crippen LogP contribution in [0.15, 0.2) is 59.8 Å². The first-order chi connectivity index (χ1) is 10.2. The lowest BCUT2D eigenvalue weighted by Gasteiger charge is -2.07. The summed E-state index contributed by atoms with van der Waals surface area (Å²) in [6.45, 7) is 2.92. The van der Waals surface area contributed by atoms with Gasteiger partial charge in [-0.15, -0.1) is 5.11 Å². The van der Waals surface area contributed by atoms with Crippen LogP contribution in [-0.4, -0.2) is 10.4 Å². The number of aromatic nitrogens is 1. The second-order valence-corrected chi connectivity index (χ2v) is 5.17. The second kappa shape index (κ2) is 5.32. The summed E-state index contributed by atoms with van der Waals surface area (Å²) in [5, 5.41) is 11.8. The Morgan fingerprint density at radius 3 is 2.76 bits per heavy atom. The van der Waals surface area contributed by atoms with Crippen molar-refractivity contribution in [1.29, 1.82) is 10.9 Å². The van der Waals surface area contributed by atoms with E-state index >= 15 is 0 Å². The van der Waals surface area contributed by atoms with Gasteiger partial charge in [0.1, 0.15) is 0 Å². The number of hydrogen-bond acceptors (Lipinski definition) is 2. The monoisotopic (exact) mass is 276 g/mol. The van der Waals surface area contributed by atoms with E-state index in [9.17, 15) is 0 Å². The fourth-order valence-electron chi connectivity index (χ4n) is 2.56. The molecule has 4 heteroatoms. The van der Waals surface area contributed by atoms with Crippen LogP contribution in [-0.2, 0) is 6.54 Å². The smallest absolute Gasteiger partial charge is 0.173 e. The van der Waals surface area contributed by atoms with Crippen molar-refractivity contribution in [1.82, 2.24) is 4.57 Å². The van der Waals surface area contributed by atoms with E-state index in [1.54, 1.807) is 0 Å². The van der Waals surface area contributed by atoms with Gasteiger partial charge in [-0.1, -0.05) is 29.8 Å². The lowest BCUT2D eigenvalue weighted by Crippen LogP contribution is -1.98. The standard InChI is InChI=1S/C17H16N4/c1-12-3-2-4-13(9-12)11-21-8-7-14-10-15(17(18)20-19)5-6-16(14)21/h2-10,18-19H,11H2,1H3. The van der Waals surface area contributed by atoms with Gasteiger partial charge in [0.05, 0.1) is 0 Å². The van der Waals surface area contributed by atoms with Gasteiger partial charge in [0.2, 0.25) is 0 Å². The zero-order chi connectivity index (χ0) is 14.8. The zero-order valence-electron chi connectivity index (χ0n) is 11.8. The maximum absolute atomic E-state index is 7.60. The molecule has 4 nitrogen and oxygen atoms in total. The Kier molecular flexibility index (Phi) is 3.36. The molecule has 0 aliphatic heterocycles. The van der Waals surface area contributed by atoms with Crippen LogP contribution in [0.3, 0.4) is 0 Å². The zero-order valence-corrected chi connectivity index (χ0v) is 11.8. The molecule has 0 bridgehead atoms. The Bertz CT molecular complexity index is 830. The van der Waals surface area contributed by atoms with Gasteiger partial charge in [0, 0.05) is 29.2 Å². The number of amidine groups is 1. The average Bonchev–Trinajstić information content (AvgIpc) is 2.89. The Morgan fingerprint density at radius 2 is 2.00 bits per heavy atom. The molecule has 0 atom stereocenters. The average molecular weight is 276 g/mol. The van der Waals surface area contributed by atoms with Crippen molar-refractivity contribution in [2.24, 2.45) is 5.11 Å². The molecule has 2 aromatic carbocycles. The molecule has 104 valence electrons. The number of rotatable bonds is 3. The van der Waals surface area contributed by atoms with E-state index in [0.717, 1.165) is 17.4 Å². The summed E-state index contributed by atoms with van der Waals surface area (Å²) in [6, 6.07) is 16.3. The molecule has 1 aromatic heterocycles. The molecule has 0 saturated carbocycles. The summed E-state index contributed by atoms with van der Waals surface area (Å²) >= 11 is 0. The van der Waals surface area contributed by atoms with E-state index in [4.69, 9.17) is 10.9 Å². The van der Waals surface area contributed by atoms with Gasteiger partial charge in [0.25, 0.3) is 0 Å². The summed E-state index contributed by atoms with van der Waals surface area (Å²) in [5.74, 6) is -0.0108. The summed E-state index contributed by atoms with van der Waals surface area (Å²) < 4.78 is 2.19. The molecule has 0 radical (unpaired) electrons. The van der Waals surface area contributed by atoms with Crippen molar-refractivity contribution in [2.45, 2.75) is 13.5 Å². The molecule has 0 fully saturated rings. The van der Waals surface area contributed by atoms with Gasteiger partial charge in [-0.3, -0.25) is 5.41 Å². The van der Waals surface area contributed by atoms with Crippen molar-refractivity contribution >= 4 is 16.7 Å². The molecule has 0 aliphatic carbocycles. The Hall–Kier alpha value is -2.75. The number of nitrogens with zero attached hydrogens (tertiary/aromatic N) is 2. The van der Waals surface area contributed by atoms with Crippen LogP contribution in [0.2, 0.25) is 0 Å². The summed E-state index contributed by atoms with van der Waals surface area (Å²) in [4.78, 5) is 0. The SMILES string of the molecule is Cc1cccc(Cn2ccc3cc(C(=N)N=N)ccc32)c1. The van der Waals surface area contributed by atoms with Crippen LogP contribution in [0.4, 0.5) is 0 Å². The lowest BCUT2D eigenvalue weighted by molar-refractivity contribution is 0.836. The van der Waals surface area contributed by atoms with Gasteiger partial charge < -0.3 is 4.57 Å². The first-order valence-electron chi connectivity index (χ1n) is 6.78. The Balaban J connectivity index is 1.97. The second-order valence-electron chi connectivity index (χ2n) is 5.17. The van der Waals surface area contributed by atoms with E-state index in [1.165, 1.54) is 11.1 Å². The number of fused-ring (bicyclic) bond motifs is 1. The molecule has 0 unspecified atom stereocenters. The third-order valence-electron chi connectivity index (χ3n) is 3.59. The molecule has 3 rings (SSSR count). The third-order valence-corrected chi connectivity index (χ3v) is 3.59. The predicted molar refractivity (Wildman–Crippen MR) is 84.2 cm³/mol. The first kappa shape index (κ1) is 13.2. The molecule has 3 aromatic rings. The number of benzene rings is 2. The van der Waals surface area contributed by atoms with Gasteiger partial charge >= 0.3 is 0 Å². The van der Waals surface area contributed by atoms with Crippen molar-refractivity contribution in [3.8, 4) is 0 Å². The highest BCUT2D eigenvalue weighted by Gasteiger charge is 2.05. The Morgan fingerprint density at radius 1 is 1.14 bits per heavy atom. The highest BCUT2D eigenvalue weighted by molar-refractivity contribution is 5.99. The third kappa shape index (κ3) is 2.60. The molecule has 0 aliphatic rings. The molecule has 21 heavy (non-hydrogen) atoms. The molecular formula is C17H16N4. The van der Waals surface area contributed by atoms with Crippen LogP contribution in [0, 0.1) is 17.9 Å². The minimum absolute atomic E-state index is 0.0108. The predicted octanol–water partition coefficient (Wildman–Crippen LogP) is 4.35. The van der Waals surface area contributed by atoms with E-state index in [2.05, 4.69) is 47.1 Å². The minimum atomic E-state index is -0.0108. The molecule has 0 spiro atoms. The molecule has 0 amide bonds. The fraction of sp³-hybridized carbons (Fsp3) is 0.118. The number of nitrogens with one attached hydrogen (secondary N) is 2. The quantitative estimate of drug-likeness (QED) is 0.406. The largest absolute Gasteiger partial charge is 0.343 e. The Labute approximate surface area is 123 Å². The van der Waals surface area contributed by atoms with Crippen LogP contribution in [0.1, 0.15) is 16.7 Å². The maximum atomic E-state index is 7.60. The molecule has 0 saturated heterocycles. The van der Waals surface area contributed by atoms with Crippen LogP contribution in [0.25, 0.3) is 10.9 Å². The van der Waals surface area contributed by atoms with Gasteiger partial charge in [-0.25, -0.2) is 5.53 Å². The van der Waals surface area contributed by atoms with E-state index in [1.807, 2.05) is 24.3 Å². The van der Waals surface area contributed by atoms with Crippen molar-refractivity contribution in [3.05, 3.63) is 71.4 Å². The van der Waals surface area contributed by atoms with E-state index in [0.29, 0.717) is 5.56 Å². The number of hydrogen-bond donors (Lipinski definition) is 2. The van der Waals surface area contributed by atoms with Gasteiger partial charge in [-0.2, -0.15) is 0 Å². The van der Waals surface area contributed by atoms with Crippen LogP contribution in [0.5, 0.6) is 0 Å². The van der Waals surface area contributed by atoms with E-state index < -0.39 is 0 Å². The van der Waals surface area contributed by atoms with Gasteiger partial charge in [0.15, 0.2) is 5.84 Å². The fourth-order valence-corrected chi connectivity index (χ4v) is 2.56. The van der Waals surface area contributed by atoms with Crippen molar-refractivity contribution < 1.29 is 0 Å². The first-order valence-corrected chi connectivity index (χ1v) is 6.78. The molecule has 1 heterocycles. The van der Waals surface area contributed by atoms with Crippen LogP contribution < -0.4 is 0 Å². The summed E-state index contributed by atoms with van der Waals surface area (Å²) in [6.07, 6.45) is 2.05. The maximum Gasteiger partial charge on any atom is 0.173 e.